The number of aliphatic carboxylic acids is 1. The summed E-state index contributed by atoms with van der Waals surface area (Å²) in [5, 5.41) is 8.46. The number of rotatable bonds is 3. The molecule has 0 aromatic carbocycles. The van der Waals surface area contributed by atoms with Crippen molar-refractivity contribution < 1.29 is 19.4 Å². The molecule has 0 amide bonds. The first-order chi connectivity index (χ1) is 5.15. The van der Waals surface area contributed by atoms with Crippen molar-refractivity contribution >= 4 is 11.9 Å². The Hall–Kier alpha value is -1.06. The highest BCUT2D eigenvalue weighted by Crippen LogP contribution is 2.41. The number of esters is 1. The van der Waals surface area contributed by atoms with Crippen molar-refractivity contribution in [1.29, 1.82) is 0 Å². The van der Waals surface area contributed by atoms with E-state index in [0.717, 1.165) is 0 Å². The second-order valence-corrected chi connectivity index (χ2v) is 2.72. The molecule has 2 atom stereocenters. The highest BCUT2D eigenvalue weighted by molar-refractivity contribution is 5.76. The summed E-state index contributed by atoms with van der Waals surface area (Å²) in [4.78, 5) is 20.9. The van der Waals surface area contributed by atoms with Gasteiger partial charge >= 0.3 is 11.9 Å². The normalized spacial score (nSPS) is 27.7. The largest absolute Gasteiger partial charge is 0.481 e. The lowest BCUT2D eigenvalue weighted by molar-refractivity contribution is -0.141. The van der Waals surface area contributed by atoms with E-state index in [9.17, 15) is 9.59 Å². The van der Waals surface area contributed by atoms with Crippen LogP contribution in [-0.4, -0.2) is 24.2 Å². The predicted molar refractivity (Wildman–Crippen MR) is 35.9 cm³/mol. The first-order valence-corrected chi connectivity index (χ1v) is 3.44. The number of carbonyl (C=O) groups excluding carboxylic acids is 1. The van der Waals surface area contributed by atoms with Crippen molar-refractivity contribution in [2.45, 2.75) is 12.8 Å². The number of carboxylic acids is 1. The Labute approximate surface area is 64.2 Å². The Bertz CT molecular complexity index is 187. The minimum atomic E-state index is -0.807. The fourth-order valence-corrected chi connectivity index (χ4v) is 1.07. The third-order valence-electron chi connectivity index (χ3n) is 1.90. The molecule has 0 radical (unpaired) electrons. The summed E-state index contributed by atoms with van der Waals surface area (Å²) in [7, 11) is 1.31. The minimum absolute atomic E-state index is 0.0138. The molecular formula is C7H10O4. The zero-order valence-electron chi connectivity index (χ0n) is 6.24. The molecule has 0 unspecified atom stereocenters. The number of carboxylic acid groups (broad SMARTS) is 1. The molecule has 62 valence electrons. The Morgan fingerprint density at radius 3 is 2.64 bits per heavy atom. The molecule has 0 spiro atoms. The molecule has 1 saturated carbocycles. The average molecular weight is 158 g/mol. The zero-order valence-corrected chi connectivity index (χ0v) is 6.24. The summed E-state index contributed by atoms with van der Waals surface area (Å²) < 4.78 is 4.40. The number of hydrogen-bond acceptors (Lipinski definition) is 3. The lowest BCUT2D eigenvalue weighted by Gasteiger charge is -1.94. The van der Waals surface area contributed by atoms with Gasteiger partial charge in [-0.2, -0.15) is 0 Å². The van der Waals surface area contributed by atoms with Gasteiger partial charge in [-0.05, 0) is 12.3 Å². The molecule has 0 aromatic rings. The monoisotopic (exact) mass is 158 g/mol. The van der Waals surface area contributed by atoms with Crippen LogP contribution in [-0.2, 0) is 14.3 Å². The van der Waals surface area contributed by atoms with E-state index in [1.54, 1.807) is 0 Å². The molecular weight excluding hydrogens is 148 g/mol. The fourth-order valence-electron chi connectivity index (χ4n) is 1.07. The van der Waals surface area contributed by atoms with Crippen molar-refractivity contribution in [3.8, 4) is 0 Å². The molecule has 0 bridgehead atoms. The van der Waals surface area contributed by atoms with Crippen LogP contribution >= 0.6 is 0 Å². The van der Waals surface area contributed by atoms with E-state index in [4.69, 9.17) is 5.11 Å². The van der Waals surface area contributed by atoms with E-state index in [0.29, 0.717) is 6.42 Å². The standard InChI is InChI=1S/C7H10O4/c1-11-6(8)3-4-2-5(4)7(9)10/h4-5H,2-3H2,1H3,(H,9,10)/t4-,5+/m1/s1. The Kier molecular flexibility index (Phi) is 2.12. The van der Waals surface area contributed by atoms with Gasteiger partial charge in [-0.1, -0.05) is 0 Å². The summed E-state index contributed by atoms with van der Waals surface area (Å²) >= 11 is 0. The van der Waals surface area contributed by atoms with Crippen molar-refractivity contribution in [2.75, 3.05) is 7.11 Å². The van der Waals surface area contributed by atoms with Crippen molar-refractivity contribution in [2.24, 2.45) is 11.8 Å². The van der Waals surface area contributed by atoms with Gasteiger partial charge in [0.05, 0.1) is 13.0 Å². The van der Waals surface area contributed by atoms with Crippen LogP contribution in [0.3, 0.4) is 0 Å². The van der Waals surface area contributed by atoms with E-state index < -0.39 is 5.97 Å². The third-order valence-corrected chi connectivity index (χ3v) is 1.90. The molecule has 4 heteroatoms. The summed E-state index contributed by atoms with van der Waals surface area (Å²) in [5.41, 5.74) is 0. The van der Waals surface area contributed by atoms with E-state index in [-0.39, 0.29) is 24.2 Å². The molecule has 1 rings (SSSR count). The SMILES string of the molecule is COC(=O)C[C@H]1C[C@@H]1C(=O)O. The summed E-state index contributed by atoms with van der Waals surface area (Å²) in [5.74, 6) is -1.42. The topological polar surface area (TPSA) is 63.6 Å². The van der Waals surface area contributed by atoms with Gasteiger partial charge in [0, 0.05) is 6.42 Å². The molecule has 1 N–H and O–H groups in total. The van der Waals surface area contributed by atoms with Crippen LogP contribution in [0.4, 0.5) is 0 Å². The van der Waals surface area contributed by atoms with Crippen LogP contribution in [0.1, 0.15) is 12.8 Å². The number of ether oxygens (including phenoxy) is 1. The molecule has 0 saturated heterocycles. The van der Waals surface area contributed by atoms with Crippen LogP contribution in [0.15, 0.2) is 0 Å². The fraction of sp³-hybridized carbons (Fsp3) is 0.714. The highest BCUT2D eigenvalue weighted by atomic mass is 16.5. The second kappa shape index (κ2) is 2.90. The van der Waals surface area contributed by atoms with Crippen molar-refractivity contribution in [3.05, 3.63) is 0 Å². The van der Waals surface area contributed by atoms with Gasteiger partial charge in [-0.25, -0.2) is 0 Å². The summed E-state index contributed by atoms with van der Waals surface area (Å²) in [6, 6.07) is 0. The number of carbonyl (C=O) groups is 2. The molecule has 1 aliphatic rings. The second-order valence-electron chi connectivity index (χ2n) is 2.72. The van der Waals surface area contributed by atoms with Crippen LogP contribution in [0.2, 0.25) is 0 Å². The Balaban J connectivity index is 2.23. The molecule has 0 heterocycles. The van der Waals surface area contributed by atoms with Crippen molar-refractivity contribution in [3.63, 3.8) is 0 Å². The van der Waals surface area contributed by atoms with Crippen LogP contribution in [0.25, 0.3) is 0 Å². The van der Waals surface area contributed by atoms with Gasteiger partial charge in [0.25, 0.3) is 0 Å². The number of hydrogen-bond donors (Lipinski definition) is 1. The molecule has 11 heavy (non-hydrogen) atoms. The van der Waals surface area contributed by atoms with Crippen molar-refractivity contribution in [1.82, 2.24) is 0 Å². The molecule has 4 nitrogen and oxygen atoms in total. The van der Waals surface area contributed by atoms with Gasteiger partial charge in [0.15, 0.2) is 0 Å². The first kappa shape index (κ1) is 8.04. The van der Waals surface area contributed by atoms with Crippen LogP contribution in [0, 0.1) is 11.8 Å². The Morgan fingerprint density at radius 1 is 1.64 bits per heavy atom. The third kappa shape index (κ3) is 1.93. The number of methoxy groups -OCH3 is 1. The lowest BCUT2D eigenvalue weighted by Crippen LogP contribution is -2.05. The van der Waals surface area contributed by atoms with Gasteiger partial charge in [0.2, 0.25) is 0 Å². The minimum Gasteiger partial charge on any atom is -0.481 e. The van der Waals surface area contributed by atoms with E-state index in [1.165, 1.54) is 7.11 Å². The maximum Gasteiger partial charge on any atom is 0.306 e. The van der Waals surface area contributed by atoms with Crippen LogP contribution < -0.4 is 0 Å². The smallest absolute Gasteiger partial charge is 0.306 e. The quantitative estimate of drug-likeness (QED) is 0.599. The zero-order chi connectivity index (χ0) is 8.43. The van der Waals surface area contributed by atoms with Gasteiger partial charge < -0.3 is 9.84 Å². The summed E-state index contributed by atoms with van der Waals surface area (Å²) in [6.07, 6.45) is 0.859. The van der Waals surface area contributed by atoms with Gasteiger partial charge in [-0.15, -0.1) is 0 Å². The molecule has 1 aliphatic carbocycles. The van der Waals surface area contributed by atoms with Gasteiger partial charge in [-0.3, -0.25) is 9.59 Å². The first-order valence-electron chi connectivity index (χ1n) is 3.44. The maximum atomic E-state index is 10.6. The predicted octanol–water partition coefficient (Wildman–Crippen LogP) is 0.270. The maximum absolute atomic E-state index is 10.6. The van der Waals surface area contributed by atoms with Gasteiger partial charge in [0.1, 0.15) is 0 Å². The molecule has 1 fully saturated rings. The molecule has 0 aromatic heterocycles. The summed E-state index contributed by atoms with van der Waals surface area (Å²) in [6.45, 7) is 0. The average Bonchev–Trinajstić information content (AvgIpc) is 2.67. The van der Waals surface area contributed by atoms with E-state index >= 15 is 0 Å². The van der Waals surface area contributed by atoms with E-state index in [1.807, 2.05) is 0 Å². The van der Waals surface area contributed by atoms with Crippen LogP contribution in [0.5, 0.6) is 0 Å². The highest BCUT2D eigenvalue weighted by Gasteiger charge is 2.44. The van der Waals surface area contributed by atoms with E-state index in [2.05, 4.69) is 4.74 Å². The molecule has 0 aliphatic heterocycles. The lowest BCUT2D eigenvalue weighted by atomic mass is 10.2. The Morgan fingerprint density at radius 2 is 2.27 bits per heavy atom.